The zero-order valence-corrected chi connectivity index (χ0v) is 10.9. The molecule has 0 aliphatic carbocycles. The molecule has 0 fully saturated rings. The highest BCUT2D eigenvalue weighted by molar-refractivity contribution is 5.35. The van der Waals surface area contributed by atoms with E-state index in [9.17, 15) is 17.6 Å². The number of hydrogen-bond acceptors (Lipinski definition) is 4. The second-order valence-electron chi connectivity index (χ2n) is 3.99. The van der Waals surface area contributed by atoms with E-state index in [0.29, 0.717) is 18.7 Å². The molecule has 0 aliphatic heterocycles. The molecule has 8 heteroatoms. The van der Waals surface area contributed by atoms with Crippen LogP contribution in [0, 0.1) is 5.82 Å². The fourth-order valence-corrected chi connectivity index (χ4v) is 1.55. The minimum atomic E-state index is -4.79. The quantitative estimate of drug-likeness (QED) is 0.871. The van der Waals surface area contributed by atoms with E-state index in [4.69, 9.17) is 4.74 Å². The monoisotopic (exact) mass is 301 g/mol. The molecule has 1 aromatic heterocycles. The summed E-state index contributed by atoms with van der Waals surface area (Å²) >= 11 is 0. The lowest BCUT2D eigenvalue weighted by molar-refractivity contribution is -0.140. The number of nitrogens with zero attached hydrogens (tertiary/aromatic N) is 2. The predicted octanol–water partition coefficient (Wildman–Crippen LogP) is 3.86. The van der Waals surface area contributed by atoms with E-state index in [0.717, 1.165) is 6.07 Å². The van der Waals surface area contributed by atoms with Crippen LogP contribution in [-0.4, -0.2) is 16.5 Å². The molecular formula is C13H11F4N3O. The summed E-state index contributed by atoms with van der Waals surface area (Å²) in [5.74, 6) is -1.18. The van der Waals surface area contributed by atoms with Gasteiger partial charge in [0.1, 0.15) is 11.6 Å². The number of ether oxygens (including phenoxy) is 1. The van der Waals surface area contributed by atoms with E-state index < -0.39 is 17.6 Å². The smallest absolute Gasteiger partial charge is 0.419 e. The first-order valence-electron chi connectivity index (χ1n) is 6.01. The van der Waals surface area contributed by atoms with Gasteiger partial charge in [0.2, 0.25) is 11.8 Å². The number of anilines is 1. The fraction of sp³-hybridized carbons (Fsp3) is 0.231. The Morgan fingerprint density at radius 3 is 2.67 bits per heavy atom. The van der Waals surface area contributed by atoms with Gasteiger partial charge < -0.3 is 10.1 Å². The summed E-state index contributed by atoms with van der Waals surface area (Å²) in [5.41, 5.74) is -1.39. The van der Waals surface area contributed by atoms with Crippen LogP contribution in [0.3, 0.4) is 0 Å². The van der Waals surface area contributed by atoms with Gasteiger partial charge in [0.05, 0.1) is 5.56 Å². The summed E-state index contributed by atoms with van der Waals surface area (Å²) in [7, 11) is 0. The summed E-state index contributed by atoms with van der Waals surface area (Å²) in [4.78, 5) is 7.85. The van der Waals surface area contributed by atoms with Crippen LogP contribution in [0.15, 0.2) is 30.5 Å². The molecule has 0 radical (unpaired) electrons. The number of benzene rings is 1. The minimum absolute atomic E-state index is 0.0562. The topological polar surface area (TPSA) is 47.0 Å². The molecule has 1 N–H and O–H groups in total. The van der Waals surface area contributed by atoms with Gasteiger partial charge in [-0.1, -0.05) is 0 Å². The van der Waals surface area contributed by atoms with E-state index in [1.807, 2.05) is 6.92 Å². The molecular weight excluding hydrogens is 290 g/mol. The van der Waals surface area contributed by atoms with Crippen molar-refractivity contribution in [2.75, 3.05) is 11.9 Å². The summed E-state index contributed by atoms with van der Waals surface area (Å²) in [6.45, 7) is 2.42. The number of halogens is 4. The molecule has 0 atom stereocenters. The molecule has 1 aromatic carbocycles. The van der Waals surface area contributed by atoms with Gasteiger partial charge in [-0.25, -0.2) is 9.37 Å². The van der Waals surface area contributed by atoms with Gasteiger partial charge in [-0.2, -0.15) is 18.2 Å². The SMILES string of the molecule is CCNc1nccc(Oc2ccc(F)c(C(F)(F)F)c2)n1. The van der Waals surface area contributed by atoms with E-state index >= 15 is 0 Å². The van der Waals surface area contributed by atoms with Crippen LogP contribution in [0.25, 0.3) is 0 Å². The number of hydrogen-bond donors (Lipinski definition) is 1. The summed E-state index contributed by atoms with van der Waals surface area (Å²) in [5, 5.41) is 2.84. The molecule has 0 amide bonds. The summed E-state index contributed by atoms with van der Waals surface area (Å²) in [6, 6.07) is 3.77. The van der Waals surface area contributed by atoms with E-state index in [1.54, 1.807) is 0 Å². The first kappa shape index (κ1) is 15.0. The fourth-order valence-electron chi connectivity index (χ4n) is 1.55. The standard InChI is InChI=1S/C13H11F4N3O/c1-2-18-12-19-6-5-11(20-12)21-8-3-4-10(14)9(7-8)13(15,16)17/h3-7H,2H2,1H3,(H,18,19,20). The van der Waals surface area contributed by atoms with Gasteiger partial charge in [0.25, 0.3) is 0 Å². The predicted molar refractivity (Wildman–Crippen MR) is 67.7 cm³/mol. The van der Waals surface area contributed by atoms with E-state index in [-0.39, 0.29) is 17.6 Å². The highest BCUT2D eigenvalue weighted by Crippen LogP contribution is 2.34. The molecule has 0 saturated heterocycles. The minimum Gasteiger partial charge on any atom is -0.439 e. The van der Waals surface area contributed by atoms with Crippen molar-refractivity contribution in [1.82, 2.24) is 9.97 Å². The number of alkyl halides is 3. The maximum absolute atomic E-state index is 13.2. The maximum atomic E-state index is 13.2. The Balaban J connectivity index is 2.26. The molecule has 112 valence electrons. The lowest BCUT2D eigenvalue weighted by Gasteiger charge is -2.11. The van der Waals surface area contributed by atoms with Crippen molar-refractivity contribution in [2.24, 2.45) is 0 Å². The van der Waals surface area contributed by atoms with Crippen LogP contribution in [0.4, 0.5) is 23.5 Å². The Morgan fingerprint density at radius 1 is 1.24 bits per heavy atom. The molecule has 2 aromatic rings. The van der Waals surface area contributed by atoms with Crippen molar-refractivity contribution in [2.45, 2.75) is 13.1 Å². The average Bonchev–Trinajstić information content (AvgIpc) is 2.40. The highest BCUT2D eigenvalue weighted by Gasteiger charge is 2.34. The molecule has 1 heterocycles. The number of nitrogens with one attached hydrogen (secondary N) is 1. The molecule has 0 bridgehead atoms. The Bertz CT molecular complexity index is 631. The van der Waals surface area contributed by atoms with E-state index in [1.165, 1.54) is 12.3 Å². The lowest BCUT2D eigenvalue weighted by Crippen LogP contribution is -2.08. The van der Waals surface area contributed by atoms with Crippen molar-refractivity contribution in [3.05, 3.63) is 41.8 Å². The van der Waals surface area contributed by atoms with Crippen LogP contribution < -0.4 is 10.1 Å². The third-order valence-corrected chi connectivity index (χ3v) is 2.43. The lowest BCUT2D eigenvalue weighted by atomic mass is 10.2. The first-order chi connectivity index (χ1) is 9.90. The molecule has 0 spiro atoms. The van der Waals surface area contributed by atoms with E-state index in [2.05, 4.69) is 15.3 Å². The average molecular weight is 301 g/mol. The Hall–Kier alpha value is -2.38. The van der Waals surface area contributed by atoms with Gasteiger partial charge in [0, 0.05) is 18.8 Å². The van der Waals surface area contributed by atoms with Gasteiger partial charge in [-0.3, -0.25) is 0 Å². The molecule has 0 aliphatic rings. The normalized spacial score (nSPS) is 11.3. The molecule has 0 saturated carbocycles. The van der Waals surface area contributed by atoms with Crippen LogP contribution in [0.5, 0.6) is 11.6 Å². The Morgan fingerprint density at radius 2 is 2.00 bits per heavy atom. The van der Waals surface area contributed by atoms with Gasteiger partial charge in [-0.05, 0) is 25.1 Å². The zero-order chi connectivity index (χ0) is 15.5. The van der Waals surface area contributed by atoms with Crippen molar-refractivity contribution >= 4 is 5.95 Å². The summed E-state index contributed by atoms with van der Waals surface area (Å²) in [6.07, 6.45) is -3.39. The molecule has 2 rings (SSSR count). The van der Waals surface area contributed by atoms with Crippen molar-refractivity contribution < 1.29 is 22.3 Å². The van der Waals surface area contributed by atoms with Crippen molar-refractivity contribution in [3.8, 4) is 11.6 Å². The largest absolute Gasteiger partial charge is 0.439 e. The third-order valence-electron chi connectivity index (χ3n) is 2.43. The molecule has 4 nitrogen and oxygen atoms in total. The maximum Gasteiger partial charge on any atom is 0.419 e. The van der Waals surface area contributed by atoms with Crippen LogP contribution in [0.2, 0.25) is 0 Å². The van der Waals surface area contributed by atoms with Crippen molar-refractivity contribution in [3.63, 3.8) is 0 Å². The third kappa shape index (κ3) is 3.80. The second kappa shape index (κ2) is 5.94. The zero-order valence-electron chi connectivity index (χ0n) is 10.9. The van der Waals surface area contributed by atoms with Crippen LogP contribution >= 0.6 is 0 Å². The van der Waals surface area contributed by atoms with Gasteiger partial charge in [0.15, 0.2) is 0 Å². The highest BCUT2D eigenvalue weighted by atomic mass is 19.4. The van der Waals surface area contributed by atoms with Crippen LogP contribution in [-0.2, 0) is 6.18 Å². The Labute approximate surface area is 117 Å². The molecule has 21 heavy (non-hydrogen) atoms. The number of aromatic nitrogens is 2. The first-order valence-corrected chi connectivity index (χ1v) is 6.01. The molecule has 0 unspecified atom stereocenters. The van der Waals surface area contributed by atoms with Crippen LogP contribution in [0.1, 0.15) is 12.5 Å². The second-order valence-corrected chi connectivity index (χ2v) is 3.99. The van der Waals surface area contributed by atoms with Gasteiger partial charge in [-0.15, -0.1) is 0 Å². The number of rotatable bonds is 4. The summed E-state index contributed by atoms with van der Waals surface area (Å²) < 4.78 is 56.2. The van der Waals surface area contributed by atoms with Crippen molar-refractivity contribution in [1.29, 1.82) is 0 Å². The Kier molecular flexibility index (Phi) is 4.25. The van der Waals surface area contributed by atoms with Gasteiger partial charge >= 0.3 is 6.18 Å².